The molecule has 0 unspecified atom stereocenters. The first-order valence-corrected chi connectivity index (χ1v) is 4.86. The molecule has 0 spiro atoms. The van der Waals surface area contributed by atoms with Crippen LogP contribution in [0.5, 0.6) is 0 Å². The van der Waals surface area contributed by atoms with E-state index in [1.807, 2.05) is 13.8 Å². The first kappa shape index (κ1) is 15.5. The van der Waals surface area contributed by atoms with Crippen LogP contribution in [0.4, 0.5) is 0 Å². The first-order valence-electron chi connectivity index (χ1n) is 4.86. The molecular weight excluding hydrogens is 216 g/mol. The van der Waals surface area contributed by atoms with Gasteiger partial charge in [0.2, 0.25) is 0 Å². The van der Waals surface area contributed by atoms with Crippen molar-refractivity contribution in [1.29, 1.82) is 0 Å². The van der Waals surface area contributed by atoms with Gasteiger partial charge in [0.05, 0.1) is 5.41 Å². The minimum absolute atomic E-state index is 0. The fraction of sp³-hybridized carbons (Fsp3) is 0.900. The molecule has 0 aliphatic rings. The van der Waals surface area contributed by atoms with E-state index in [2.05, 4.69) is 6.92 Å². The van der Waals surface area contributed by atoms with Crippen LogP contribution in [-0.4, -0.2) is 11.1 Å². The van der Waals surface area contributed by atoms with Gasteiger partial charge in [0.1, 0.15) is 0 Å². The molecule has 83 valence electrons. The molecule has 0 aromatic carbocycles. The summed E-state index contributed by atoms with van der Waals surface area (Å²) in [6.07, 6.45) is 4.42. The summed E-state index contributed by atoms with van der Waals surface area (Å²) in [6, 6.07) is 0. The summed E-state index contributed by atoms with van der Waals surface area (Å²) in [5.74, 6) is -0.624. The maximum atomic E-state index is 11.0. The number of unbranched alkanes of at least 4 members (excludes halogenated alkanes) is 1. The van der Waals surface area contributed by atoms with Gasteiger partial charge in [-0.25, -0.2) is 0 Å². The molecule has 1 radical (unpaired) electrons. The predicted molar refractivity (Wildman–Crippen MR) is 50.2 cm³/mol. The van der Waals surface area contributed by atoms with Crippen LogP contribution in [0, 0.1) is 5.41 Å². The number of hydrogen-bond acceptors (Lipinski definition) is 1. The van der Waals surface area contributed by atoms with Crippen LogP contribution in [0.2, 0.25) is 0 Å². The predicted octanol–water partition coefficient (Wildman–Crippen LogP) is 3.07. The molecule has 0 saturated carbocycles. The van der Waals surface area contributed by atoms with E-state index in [0.29, 0.717) is 0 Å². The van der Waals surface area contributed by atoms with Crippen LogP contribution in [-0.2, 0) is 21.9 Å². The van der Waals surface area contributed by atoms with Gasteiger partial charge in [-0.3, -0.25) is 4.79 Å². The third-order valence-electron chi connectivity index (χ3n) is 2.82. The van der Waals surface area contributed by atoms with E-state index < -0.39 is 11.4 Å². The third-order valence-corrected chi connectivity index (χ3v) is 2.82. The molecule has 2 nitrogen and oxygen atoms in total. The van der Waals surface area contributed by atoms with E-state index >= 15 is 0 Å². The molecule has 13 heavy (non-hydrogen) atoms. The van der Waals surface area contributed by atoms with Crippen molar-refractivity contribution in [3.05, 3.63) is 0 Å². The smallest absolute Gasteiger partial charge is 0.309 e. The number of hydrogen-bond donors (Lipinski definition) is 1. The van der Waals surface area contributed by atoms with Gasteiger partial charge in [0, 0.05) is 17.1 Å². The number of carboxylic acids is 1. The van der Waals surface area contributed by atoms with Crippen molar-refractivity contribution in [3.8, 4) is 0 Å². The van der Waals surface area contributed by atoms with Gasteiger partial charge in [0.25, 0.3) is 0 Å². The Labute approximate surface area is 91.6 Å². The van der Waals surface area contributed by atoms with Gasteiger partial charge in [-0.1, -0.05) is 33.6 Å². The zero-order chi connectivity index (χ0) is 9.61. The Hall–Kier alpha value is -0.0105. The van der Waals surface area contributed by atoms with Gasteiger partial charge in [-0.05, 0) is 19.3 Å². The van der Waals surface area contributed by atoms with E-state index in [9.17, 15) is 4.79 Å². The summed E-state index contributed by atoms with van der Waals surface area (Å²) in [6.45, 7) is 6.03. The topological polar surface area (TPSA) is 37.3 Å². The quantitative estimate of drug-likeness (QED) is 0.719. The second-order valence-electron chi connectivity index (χ2n) is 3.40. The van der Waals surface area contributed by atoms with Crippen molar-refractivity contribution < 1.29 is 27.0 Å². The molecule has 0 atom stereocenters. The number of aliphatic carboxylic acids is 1. The Morgan fingerprint density at radius 2 is 1.69 bits per heavy atom. The molecular formula is C10H20CuO2. The summed E-state index contributed by atoms with van der Waals surface area (Å²) in [4.78, 5) is 11.0. The molecule has 0 aromatic rings. The monoisotopic (exact) mass is 235 g/mol. The Bertz CT molecular complexity index is 142. The normalized spacial score (nSPS) is 10.7. The van der Waals surface area contributed by atoms with Crippen molar-refractivity contribution in [2.45, 2.75) is 52.9 Å². The third kappa shape index (κ3) is 4.15. The van der Waals surface area contributed by atoms with Crippen LogP contribution in [0.1, 0.15) is 52.9 Å². The average molecular weight is 236 g/mol. The van der Waals surface area contributed by atoms with Gasteiger partial charge in [0.15, 0.2) is 0 Å². The molecule has 0 aromatic heterocycles. The Balaban J connectivity index is 0. The molecule has 0 fully saturated rings. The number of carboxylic acid groups (broad SMARTS) is 1. The summed E-state index contributed by atoms with van der Waals surface area (Å²) in [5, 5.41) is 9.05. The second kappa shape index (κ2) is 7.40. The molecule has 0 saturated heterocycles. The molecule has 0 amide bonds. The zero-order valence-corrected chi connectivity index (χ0v) is 9.63. The summed E-state index contributed by atoms with van der Waals surface area (Å²) >= 11 is 0. The van der Waals surface area contributed by atoms with E-state index in [1.54, 1.807) is 0 Å². The van der Waals surface area contributed by atoms with Crippen LogP contribution < -0.4 is 0 Å². The minimum atomic E-state index is -0.624. The largest absolute Gasteiger partial charge is 0.481 e. The maximum Gasteiger partial charge on any atom is 0.309 e. The SMILES string of the molecule is CCCCC(CC)(CC)C(=O)O.[Cu]. The van der Waals surface area contributed by atoms with Crippen molar-refractivity contribution in [1.82, 2.24) is 0 Å². The standard InChI is InChI=1S/C10H20O2.Cu/c1-4-7-8-10(5-2,6-3)9(11)12;/h4-8H2,1-3H3,(H,11,12);. The molecule has 1 N–H and O–H groups in total. The van der Waals surface area contributed by atoms with Gasteiger partial charge in [-0.2, -0.15) is 0 Å². The van der Waals surface area contributed by atoms with Crippen molar-refractivity contribution in [2.24, 2.45) is 5.41 Å². The Morgan fingerprint density at radius 3 is 1.92 bits per heavy atom. The van der Waals surface area contributed by atoms with Crippen molar-refractivity contribution in [2.75, 3.05) is 0 Å². The summed E-state index contributed by atoms with van der Waals surface area (Å²) < 4.78 is 0. The first-order chi connectivity index (χ1) is 5.63. The summed E-state index contributed by atoms with van der Waals surface area (Å²) in [7, 11) is 0. The van der Waals surface area contributed by atoms with Gasteiger partial charge in [-0.15, -0.1) is 0 Å². The van der Waals surface area contributed by atoms with Crippen LogP contribution >= 0.6 is 0 Å². The molecule has 0 heterocycles. The molecule has 0 rings (SSSR count). The van der Waals surface area contributed by atoms with E-state index in [-0.39, 0.29) is 17.1 Å². The Morgan fingerprint density at radius 1 is 1.23 bits per heavy atom. The van der Waals surface area contributed by atoms with E-state index in [4.69, 9.17) is 5.11 Å². The fourth-order valence-electron chi connectivity index (χ4n) is 1.53. The van der Waals surface area contributed by atoms with Crippen molar-refractivity contribution in [3.63, 3.8) is 0 Å². The molecule has 0 aliphatic carbocycles. The minimum Gasteiger partial charge on any atom is -0.481 e. The zero-order valence-electron chi connectivity index (χ0n) is 8.69. The van der Waals surface area contributed by atoms with Crippen LogP contribution in [0.25, 0.3) is 0 Å². The van der Waals surface area contributed by atoms with Crippen LogP contribution in [0.3, 0.4) is 0 Å². The molecule has 3 heteroatoms. The molecule has 0 bridgehead atoms. The van der Waals surface area contributed by atoms with E-state index in [1.165, 1.54) is 0 Å². The Kier molecular flexibility index (Phi) is 8.80. The van der Waals surface area contributed by atoms with Gasteiger partial charge >= 0.3 is 5.97 Å². The van der Waals surface area contributed by atoms with Gasteiger partial charge < -0.3 is 5.11 Å². The maximum absolute atomic E-state index is 11.0. The second-order valence-corrected chi connectivity index (χ2v) is 3.40. The average Bonchev–Trinajstić information content (AvgIpc) is 2.07. The van der Waals surface area contributed by atoms with Crippen LogP contribution in [0.15, 0.2) is 0 Å². The fourth-order valence-corrected chi connectivity index (χ4v) is 1.53. The summed E-state index contributed by atoms with van der Waals surface area (Å²) in [5.41, 5.74) is -0.448. The number of rotatable bonds is 6. The van der Waals surface area contributed by atoms with E-state index in [0.717, 1.165) is 32.1 Å². The number of carbonyl (C=O) groups is 1. The van der Waals surface area contributed by atoms with Crippen molar-refractivity contribution >= 4 is 5.97 Å². The molecule has 0 aliphatic heterocycles.